The number of carbonyl (C=O) groups excluding carboxylic acids is 1. The van der Waals surface area contributed by atoms with Gasteiger partial charge in [0.05, 0.1) is 6.26 Å². The van der Waals surface area contributed by atoms with Gasteiger partial charge in [0.2, 0.25) is 5.76 Å². The maximum absolute atomic E-state index is 12.5. The number of aromatic nitrogens is 1. The standard InChI is InChI=1S/C15H17N3O3/c16-11-4-3-9-7-18(8-10(9)11)15(19)12-6-14(21-17-12)13-2-1-5-20-13/h1-2,5-6,9-11H,3-4,7-8,16H2. The van der Waals surface area contributed by atoms with Crippen LogP contribution in [0.3, 0.4) is 0 Å². The zero-order chi connectivity index (χ0) is 14.4. The number of likely N-dealkylation sites (tertiary alicyclic amines) is 1. The SMILES string of the molecule is NC1CCC2CN(C(=O)c3cc(-c4ccco4)on3)CC12. The molecule has 1 saturated heterocycles. The molecule has 0 bridgehead atoms. The Hall–Kier alpha value is -2.08. The lowest BCUT2D eigenvalue weighted by molar-refractivity contribution is 0.0769. The number of rotatable bonds is 2. The molecule has 3 unspecified atom stereocenters. The lowest BCUT2D eigenvalue weighted by atomic mass is 9.98. The van der Waals surface area contributed by atoms with Gasteiger partial charge in [-0.25, -0.2) is 0 Å². The van der Waals surface area contributed by atoms with Gasteiger partial charge >= 0.3 is 0 Å². The van der Waals surface area contributed by atoms with E-state index in [-0.39, 0.29) is 11.9 Å². The number of hydrogen-bond acceptors (Lipinski definition) is 5. The molecule has 2 aromatic rings. The van der Waals surface area contributed by atoms with Crippen molar-refractivity contribution >= 4 is 5.91 Å². The molecule has 2 aromatic heterocycles. The van der Waals surface area contributed by atoms with Crippen LogP contribution < -0.4 is 5.73 Å². The van der Waals surface area contributed by atoms with Crippen LogP contribution in [0.25, 0.3) is 11.5 Å². The lowest BCUT2D eigenvalue weighted by Crippen LogP contribution is -2.33. The van der Waals surface area contributed by atoms with Gasteiger partial charge in [0, 0.05) is 25.2 Å². The molecule has 0 radical (unpaired) electrons. The molecule has 0 aromatic carbocycles. The van der Waals surface area contributed by atoms with Crippen molar-refractivity contribution in [3.8, 4) is 11.5 Å². The van der Waals surface area contributed by atoms with Gasteiger partial charge in [-0.2, -0.15) is 0 Å². The van der Waals surface area contributed by atoms with Gasteiger partial charge in [-0.3, -0.25) is 4.79 Å². The van der Waals surface area contributed by atoms with E-state index in [2.05, 4.69) is 5.16 Å². The molecule has 3 heterocycles. The minimum Gasteiger partial charge on any atom is -0.461 e. The van der Waals surface area contributed by atoms with E-state index < -0.39 is 0 Å². The summed E-state index contributed by atoms with van der Waals surface area (Å²) in [6, 6.07) is 5.40. The van der Waals surface area contributed by atoms with Gasteiger partial charge in [-0.15, -0.1) is 0 Å². The topological polar surface area (TPSA) is 85.5 Å². The summed E-state index contributed by atoms with van der Waals surface area (Å²) >= 11 is 0. The molecule has 4 rings (SSSR count). The fourth-order valence-electron chi connectivity index (χ4n) is 3.55. The van der Waals surface area contributed by atoms with Crippen LogP contribution in [0.2, 0.25) is 0 Å². The summed E-state index contributed by atoms with van der Waals surface area (Å²) in [5.74, 6) is 1.94. The van der Waals surface area contributed by atoms with Crippen LogP contribution >= 0.6 is 0 Å². The molecule has 2 aliphatic rings. The normalized spacial score (nSPS) is 28.0. The average Bonchev–Trinajstić information content (AvgIpc) is 3.25. The molecule has 2 fully saturated rings. The third-order valence-corrected chi connectivity index (χ3v) is 4.69. The first-order valence-electron chi connectivity index (χ1n) is 7.28. The first-order valence-corrected chi connectivity index (χ1v) is 7.28. The molecule has 1 aliphatic heterocycles. The van der Waals surface area contributed by atoms with E-state index in [9.17, 15) is 4.79 Å². The summed E-state index contributed by atoms with van der Waals surface area (Å²) in [6.45, 7) is 1.51. The number of hydrogen-bond donors (Lipinski definition) is 1. The Labute approximate surface area is 121 Å². The monoisotopic (exact) mass is 287 g/mol. The average molecular weight is 287 g/mol. The second kappa shape index (κ2) is 4.73. The fraction of sp³-hybridized carbons (Fsp3) is 0.467. The van der Waals surface area contributed by atoms with Crippen molar-refractivity contribution in [2.45, 2.75) is 18.9 Å². The van der Waals surface area contributed by atoms with Crippen LogP contribution in [0.1, 0.15) is 23.3 Å². The summed E-state index contributed by atoms with van der Waals surface area (Å²) in [7, 11) is 0. The Bertz CT molecular complexity index is 649. The Balaban J connectivity index is 1.51. The highest BCUT2D eigenvalue weighted by molar-refractivity contribution is 5.93. The smallest absolute Gasteiger partial charge is 0.276 e. The molecule has 2 N–H and O–H groups in total. The molecule has 6 nitrogen and oxygen atoms in total. The second-order valence-corrected chi connectivity index (χ2v) is 5.93. The largest absolute Gasteiger partial charge is 0.461 e. The van der Waals surface area contributed by atoms with Crippen molar-refractivity contribution in [3.63, 3.8) is 0 Å². The van der Waals surface area contributed by atoms with Crippen LogP contribution in [0.4, 0.5) is 0 Å². The van der Waals surface area contributed by atoms with Crippen LogP contribution in [-0.4, -0.2) is 35.1 Å². The third kappa shape index (κ3) is 2.06. The predicted octanol–water partition coefficient (Wildman–Crippen LogP) is 1.74. The van der Waals surface area contributed by atoms with E-state index in [1.165, 1.54) is 0 Å². The fourth-order valence-corrected chi connectivity index (χ4v) is 3.55. The van der Waals surface area contributed by atoms with Crippen molar-refractivity contribution in [2.24, 2.45) is 17.6 Å². The van der Waals surface area contributed by atoms with Gasteiger partial charge in [0.1, 0.15) is 0 Å². The van der Waals surface area contributed by atoms with Crippen LogP contribution in [0, 0.1) is 11.8 Å². The number of amides is 1. The quantitative estimate of drug-likeness (QED) is 0.909. The Kier molecular flexibility index (Phi) is 2.85. The molecule has 0 spiro atoms. The van der Waals surface area contributed by atoms with Gasteiger partial charge in [-0.05, 0) is 36.8 Å². The predicted molar refractivity (Wildman–Crippen MR) is 74.3 cm³/mol. The maximum Gasteiger partial charge on any atom is 0.276 e. The Morgan fingerprint density at radius 2 is 2.24 bits per heavy atom. The minimum atomic E-state index is -0.0850. The maximum atomic E-state index is 12.5. The minimum absolute atomic E-state index is 0.0850. The Morgan fingerprint density at radius 1 is 1.33 bits per heavy atom. The van der Waals surface area contributed by atoms with Crippen LogP contribution in [0.15, 0.2) is 33.4 Å². The highest BCUT2D eigenvalue weighted by Crippen LogP contribution is 2.37. The van der Waals surface area contributed by atoms with Gasteiger partial charge < -0.3 is 19.6 Å². The van der Waals surface area contributed by atoms with E-state index in [4.69, 9.17) is 14.7 Å². The van der Waals surface area contributed by atoms with Gasteiger partial charge in [0.15, 0.2) is 11.5 Å². The lowest BCUT2D eigenvalue weighted by Gasteiger charge is -2.17. The van der Waals surface area contributed by atoms with Crippen molar-refractivity contribution < 1.29 is 13.7 Å². The second-order valence-electron chi connectivity index (χ2n) is 5.93. The summed E-state index contributed by atoms with van der Waals surface area (Å²) < 4.78 is 10.4. The van der Waals surface area contributed by atoms with E-state index >= 15 is 0 Å². The molecule has 1 amide bonds. The first kappa shape index (κ1) is 12.6. The van der Waals surface area contributed by atoms with Crippen LogP contribution in [0.5, 0.6) is 0 Å². The molecule has 21 heavy (non-hydrogen) atoms. The van der Waals surface area contributed by atoms with E-state index in [0.717, 1.165) is 25.9 Å². The highest BCUT2D eigenvalue weighted by Gasteiger charge is 2.43. The number of fused-ring (bicyclic) bond motifs is 1. The number of furan rings is 1. The van der Waals surface area contributed by atoms with Crippen molar-refractivity contribution in [2.75, 3.05) is 13.1 Å². The molecule has 110 valence electrons. The summed E-state index contributed by atoms with van der Waals surface area (Å²) in [5, 5.41) is 3.87. The van der Waals surface area contributed by atoms with Crippen molar-refractivity contribution in [1.82, 2.24) is 10.1 Å². The third-order valence-electron chi connectivity index (χ3n) is 4.69. The van der Waals surface area contributed by atoms with Gasteiger partial charge in [-0.1, -0.05) is 5.16 Å². The molecule has 1 aliphatic carbocycles. The zero-order valence-corrected chi connectivity index (χ0v) is 11.6. The molecular weight excluding hydrogens is 270 g/mol. The number of nitrogens with two attached hydrogens (primary N) is 1. The van der Waals surface area contributed by atoms with E-state index in [0.29, 0.717) is 29.1 Å². The molecule has 1 saturated carbocycles. The summed E-state index contributed by atoms with van der Waals surface area (Å²) in [6.07, 6.45) is 3.75. The Morgan fingerprint density at radius 3 is 3.00 bits per heavy atom. The zero-order valence-electron chi connectivity index (χ0n) is 11.6. The van der Waals surface area contributed by atoms with Crippen molar-refractivity contribution in [1.29, 1.82) is 0 Å². The molecule has 3 atom stereocenters. The summed E-state index contributed by atoms with van der Waals surface area (Å²) in [4.78, 5) is 14.3. The molecular formula is C15H17N3O3. The van der Waals surface area contributed by atoms with E-state index in [1.807, 2.05) is 4.90 Å². The highest BCUT2D eigenvalue weighted by atomic mass is 16.5. The van der Waals surface area contributed by atoms with Crippen LogP contribution in [-0.2, 0) is 0 Å². The number of carbonyl (C=O) groups is 1. The molecule has 6 heteroatoms. The number of nitrogens with zero attached hydrogens (tertiary/aromatic N) is 2. The summed E-state index contributed by atoms with van der Waals surface area (Å²) in [5.41, 5.74) is 6.43. The van der Waals surface area contributed by atoms with Gasteiger partial charge in [0.25, 0.3) is 5.91 Å². The van der Waals surface area contributed by atoms with Crippen molar-refractivity contribution in [3.05, 3.63) is 30.2 Å². The first-order chi connectivity index (χ1) is 10.2. The van der Waals surface area contributed by atoms with E-state index in [1.54, 1.807) is 24.5 Å².